The minimum Gasteiger partial charge on any atom is -0.497 e. The number of nitrogens with zero attached hydrogens (tertiary/aromatic N) is 1. The van der Waals surface area contributed by atoms with Crippen molar-refractivity contribution in [2.75, 3.05) is 20.3 Å². The van der Waals surface area contributed by atoms with Crippen molar-refractivity contribution < 1.29 is 23.5 Å². The zero-order valence-corrected chi connectivity index (χ0v) is 17.7. The summed E-state index contributed by atoms with van der Waals surface area (Å²) in [5.41, 5.74) is 0.337. The van der Waals surface area contributed by atoms with Gasteiger partial charge in [-0.25, -0.2) is 4.39 Å². The molecule has 0 spiro atoms. The summed E-state index contributed by atoms with van der Waals surface area (Å²) in [6.45, 7) is 3.89. The van der Waals surface area contributed by atoms with Crippen molar-refractivity contribution >= 4 is 11.8 Å². The van der Waals surface area contributed by atoms with Gasteiger partial charge >= 0.3 is 0 Å². The summed E-state index contributed by atoms with van der Waals surface area (Å²) in [5.74, 6) is 0.0528. The van der Waals surface area contributed by atoms with Crippen molar-refractivity contribution in [3.8, 4) is 11.5 Å². The molecule has 30 heavy (non-hydrogen) atoms. The van der Waals surface area contributed by atoms with E-state index in [0.717, 1.165) is 12.8 Å². The van der Waals surface area contributed by atoms with Gasteiger partial charge in [0, 0.05) is 18.7 Å². The number of hydrogen-bond acceptors (Lipinski definition) is 4. The lowest BCUT2D eigenvalue weighted by Gasteiger charge is -2.29. The maximum Gasteiger partial charge on any atom is 0.261 e. The first kappa shape index (κ1) is 23.2. The van der Waals surface area contributed by atoms with Crippen LogP contribution in [-0.4, -0.2) is 43.0 Å². The minimum absolute atomic E-state index is 0.0279. The molecule has 6 nitrogen and oxygen atoms in total. The van der Waals surface area contributed by atoms with Crippen LogP contribution in [0.4, 0.5) is 4.39 Å². The summed E-state index contributed by atoms with van der Waals surface area (Å²) < 4.78 is 24.8. The fourth-order valence-corrected chi connectivity index (χ4v) is 2.83. The monoisotopic (exact) mass is 416 g/mol. The van der Waals surface area contributed by atoms with E-state index < -0.39 is 17.8 Å². The molecule has 2 amide bonds. The highest BCUT2D eigenvalue weighted by Crippen LogP contribution is 2.18. The van der Waals surface area contributed by atoms with Crippen LogP contribution in [0.25, 0.3) is 0 Å². The van der Waals surface area contributed by atoms with E-state index in [0.29, 0.717) is 23.6 Å². The molecule has 0 aliphatic heterocycles. The quantitative estimate of drug-likeness (QED) is 0.569. The molecule has 0 saturated heterocycles. The highest BCUT2D eigenvalue weighted by atomic mass is 19.1. The summed E-state index contributed by atoms with van der Waals surface area (Å²) in [5, 5.41) is 2.82. The average molecular weight is 416 g/mol. The Morgan fingerprint density at radius 2 is 1.77 bits per heavy atom. The zero-order chi connectivity index (χ0) is 21.9. The van der Waals surface area contributed by atoms with E-state index in [-0.39, 0.29) is 19.1 Å². The molecule has 0 saturated carbocycles. The van der Waals surface area contributed by atoms with Gasteiger partial charge in [-0.15, -0.1) is 0 Å². The van der Waals surface area contributed by atoms with Gasteiger partial charge in [0.1, 0.15) is 23.4 Å². The number of ether oxygens (including phenoxy) is 2. The Labute approximate surface area is 177 Å². The van der Waals surface area contributed by atoms with Crippen molar-refractivity contribution in [3.05, 3.63) is 59.9 Å². The molecule has 0 aromatic heterocycles. The van der Waals surface area contributed by atoms with Gasteiger partial charge in [0.2, 0.25) is 5.91 Å². The summed E-state index contributed by atoms with van der Waals surface area (Å²) >= 11 is 0. The van der Waals surface area contributed by atoms with Gasteiger partial charge in [-0.1, -0.05) is 31.5 Å². The molecule has 0 aliphatic carbocycles. The molecule has 2 rings (SSSR count). The smallest absolute Gasteiger partial charge is 0.261 e. The van der Waals surface area contributed by atoms with Crippen LogP contribution in [-0.2, 0) is 16.1 Å². The van der Waals surface area contributed by atoms with Crippen LogP contribution in [0.5, 0.6) is 11.5 Å². The summed E-state index contributed by atoms with van der Waals surface area (Å²) in [6.07, 6.45) is 1.79. The molecule has 0 radical (unpaired) electrons. The molecule has 1 atom stereocenters. The van der Waals surface area contributed by atoms with Gasteiger partial charge in [0.25, 0.3) is 5.91 Å². The Hall–Kier alpha value is -3.09. The molecule has 2 aromatic rings. The predicted octanol–water partition coefficient (Wildman–Crippen LogP) is 3.55. The number of nitrogens with one attached hydrogen (secondary N) is 1. The molecule has 0 fully saturated rings. The van der Waals surface area contributed by atoms with E-state index in [4.69, 9.17) is 9.47 Å². The molecule has 0 aliphatic rings. The molecular weight excluding hydrogens is 387 g/mol. The van der Waals surface area contributed by atoms with Gasteiger partial charge in [0.05, 0.1) is 7.11 Å². The second-order valence-corrected chi connectivity index (χ2v) is 6.90. The van der Waals surface area contributed by atoms with Gasteiger partial charge in [0.15, 0.2) is 6.61 Å². The molecule has 2 aromatic carbocycles. The number of halogens is 1. The third kappa shape index (κ3) is 6.76. The Morgan fingerprint density at radius 3 is 2.40 bits per heavy atom. The maximum atomic E-state index is 14.2. The third-order valence-electron chi connectivity index (χ3n) is 4.72. The van der Waals surface area contributed by atoms with Gasteiger partial charge < -0.3 is 19.7 Å². The van der Waals surface area contributed by atoms with E-state index in [1.54, 1.807) is 56.5 Å². The van der Waals surface area contributed by atoms with Crippen LogP contribution in [0.1, 0.15) is 32.3 Å². The summed E-state index contributed by atoms with van der Waals surface area (Å²) in [7, 11) is 1.56. The highest BCUT2D eigenvalue weighted by Gasteiger charge is 2.27. The molecule has 0 bridgehead atoms. The van der Waals surface area contributed by atoms with Crippen molar-refractivity contribution in [1.82, 2.24) is 10.2 Å². The molecule has 7 heteroatoms. The highest BCUT2D eigenvalue weighted by molar-refractivity contribution is 5.87. The average Bonchev–Trinajstić information content (AvgIpc) is 2.77. The van der Waals surface area contributed by atoms with Gasteiger partial charge in [-0.05, 0) is 43.7 Å². The lowest BCUT2D eigenvalue weighted by atomic mass is 10.1. The molecule has 1 N–H and O–H groups in total. The number of carbonyl (C=O) groups is 2. The maximum absolute atomic E-state index is 14.2. The number of carbonyl (C=O) groups excluding carboxylic acids is 2. The molecule has 162 valence electrons. The van der Waals surface area contributed by atoms with Gasteiger partial charge in [-0.3, -0.25) is 9.59 Å². The van der Waals surface area contributed by atoms with E-state index >= 15 is 0 Å². The second-order valence-electron chi connectivity index (χ2n) is 6.90. The Balaban J connectivity index is 2.10. The van der Waals surface area contributed by atoms with Gasteiger partial charge in [-0.2, -0.15) is 0 Å². The standard InChI is InChI=1S/C23H29FN2O4/c1-4-5-14-25-23(28)17(2)26(15-18-8-6-7-9-21(18)24)22(27)16-30-20-12-10-19(29-3)11-13-20/h6-13,17H,4-5,14-16H2,1-3H3,(H,25,28)/t17-/m0/s1. The van der Waals surface area contributed by atoms with Crippen LogP contribution in [0.3, 0.4) is 0 Å². The largest absolute Gasteiger partial charge is 0.497 e. The van der Waals surface area contributed by atoms with Crippen molar-refractivity contribution in [1.29, 1.82) is 0 Å². The fraction of sp³-hybridized carbons (Fsp3) is 0.391. The normalized spacial score (nSPS) is 11.5. The molecule has 0 heterocycles. The minimum atomic E-state index is -0.770. The number of rotatable bonds is 11. The Bertz CT molecular complexity index is 826. The summed E-state index contributed by atoms with van der Waals surface area (Å²) in [6, 6.07) is 12.3. The lowest BCUT2D eigenvalue weighted by molar-refractivity contribution is -0.142. The first-order valence-corrected chi connectivity index (χ1v) is 10.0. The van der Waals surface area contributed by atoms with Crippen LogP contribution in [0.2, 0.25) is 0 Å². The van der Waals surface area contributed by atoms with Crippen LogP contribution < -0.4 is 14.8 Å². The fourth-order valence-electron chi connectivity index (χ4n) is 2.83. The van der Waals surface area contributed by atoms with Crippen molar-refractivity contribution in [2.45, 2.75) is 39.3 Å². The number of methoxy groups -OCH3 is 1. The topological polar surface area (TPSA) is 67.9 Å². The van der Waals surface area contributed by atoms with E-state index in [1.807, 2.05) is 6.92 Å². The van der Waals surface area contributed by atoms with Crippen LogP contribution in [0.15, 0.2) is 48.5 Å². The molecular formula is C23H29FN2O4. The van der Waals surface area contributed by atoms with Crippen molar-refractivity contribution in [2.24, 2.45) is 0 Å². The van der Waals surface area contributed by atoms with E-state index in [1.165, 1.54) is 11.0 Å². The number of benzene rings is 2. The van der Waals surface area contributed by atoms with E-state index in [9.17, 15) is 14.0 Å². The number of amides is 2. The number of hydrogen-bond donors (Lipinski definition) is 1. The SMILES string of the molecule is CCCCNC(=O)[C@H](C)N(Cc1ccccc1F)C(=O)COc1ccc(OC)cc1. The van der Waals surface area contributed by atoms with E-state index in [2.05, 4.69) is 5.32 Å². The lowest BCUT2D eigenvalue weighted by Crippen LogP contribution is -2.49. The predicted molar refractivity (Wildman–Crippen MR) is 113 cm³/mol. The Kier molecular flexibility index (Phi) is 9.12. The zero-order valence-electron chi connectivity index (χ0n) is 17.7. The first-order chi connectivity index (χ1) is 14.5. The molecule has 0 unspecified atom stereocenters. The van der Waals surface area contributed by atoms with Crippen LogP contribution in [0, 0.1) is 5.82 Å². The first-order valence-electron chi connectivity index (χ1n) is 10.0. The van der Waals surface area contributed by atoms with Crippen molar-refractivity contribution in [3.63, 3.8) is 0 Å². The third-order valence-corrected chi connectivity index (χ3v) is 4.72. The Morgan fingerprint density at radius 1 is 1.10 bits per heavy atom. The second kappa shape index (κ2) is 11.8. The summed E-state index contributed by atoms with van der Waals surface area (Å²) in [4.78, 5) is 26.8. The van der Waals surface area contributed by atoms with Crippen LogP contribution >= 0.6 is 0 Å². The number of unbranched alkanes of at least 4 members (excludes halogenated alkanes) is 1.